The van der Waals surface area contributed by atoms with Gasteiger partial charge in [-0.1, -0.05) is 13.0 Å². The zero-order chi connectivity index (χ0) is 81.5. The lowest BCUT2D eigenvalue weighted by Crippen LogP contribution is -2.44. The first-order valence-electron chi connectivity index (χ1n) is 39.1. The van der Waals surface area contributed by atoms with E-state index in [1.807, 2.05) is 118 Å². The minimum Gasteiger partial charge on any atom is -0.493 e. The number of nitrogens with zero attached hydrogens (tertiary/aromatic N) is 10. The number of alkyl halides is 3. The highest BCUT2D eigenvalue weighted by molar-refractivity contribution is 6.10. The molecule has 4 aliphatic heterocycles. The normalized spacial score (nSPS) is 17.2. The van der Waals surface area contributed by atoms with E-state index in [9.17, 15) is 27.9 Å². The van der Waals surface area contributed by atoms with Crippen LogP contribution in [0.3, 0.4) is 0 Å². The van der Waals surface area contributed by atoms with E-state index < -0.39 is 37.0 Å². The fourth-order valence-electron chi connectivity index (χ4n) is 14.4. The molecule has 0 aliphatic carbocycles. The van der Waals surface area contributed by atoms with Gasteiger partial charge in [0.05, 0.1) is 63.8 Å². The number of methoxy groups -OCH3 is 1. The Hall–Kier alpha value is -10.3. The first kappa shape index (κ1) is 84.6. The summed E-state index contributed by atoms with van der Waals surface area (Å²) < 4.78 is 72.3. The standard InChI is InChI=1S/C87H112F3N15O9/c1-56-14-15-73(102-22-16-99(9)17-23-102)41-79(56)83(107)96-59(4)63-31-66(39-77(36-63)113-52-82(106)87(88,89)90)71(45-92)48-94-47-68-33-74(103-24-18-100(10)19-25-103)42-80(57(68)2)84(108)97-61(6)64-32-67(40-78(37-64)114-55-86(7)53-111-54-86)72-49-95-105(51-72)50-69-34-75(104-26-20-101(11)21-27-104)43-81(58(69)3)85(109)98-60(5)62-30-65(70(44-91)46-93-8)38-76(35-62)112-29-13-28-110-12/h14-15,30-46,48-49,51,59-61,82,106H,13,16-29,47,50,52-55,91-92H2,1-12H3,(H,96,107)(H,97,108)(H,98,109)/t59-,60-,61-,82+/m1/s1. The van der Waals surface area contributed by atoms with E-state index in [0.717, 1.165) is 146 Å². The van der Waals surface area contributed by atoms with Gasteiger partial charge in [0, 0.05) is 193 Å². The van der Waals surface area contributed by atoms with Crippen LogP contribution in [0.15, 0.2) is 132 Å². The Kier molecular flexibility index (Phi) is 28.4. The fourth-order valence-corrected chi connectivity index (χ4v) is 14.4. The van der Waals surface area contributed by atoms with Crippen LogP contribution in [-0.4, -0.2) is 225 Å². The van der Waals surface area contributed by atoms with Crippen molar-refractivity contribution < 1.29 is 56.3 Å². The van der Waals surface area contributed by atoms with Crippen molar-refractivity contribution in [3.63, 3.8) is 0 Å². The maximum Gasteiger partial charge on any atom is 0.417 e. The summed E-state index contributed by atoms with van der Waals surface area (Å²) in [6, 6.07) is 29.0. The minimum absolute atomic E-state index is 0.00226. The fraction of sp³-hybridized carbons (Fsp3) is 0.448. The highest BCUT2D eigenvalue weighted by Gasteiger charge is 2.39. The van der Waals surface area contributed by atoms with Gasteiger partial charge in [-0.2, -0.15) is 18.3 Å². The van der Waals surface area contributed by atoms with Gasteiger partial charge in [0.2, 0.25) is 0 Å². The lowest BCUT2D eigenvalue weighted by molar-refractivity contribution is -0.210. The second-order valence-electron chi connectivity index (χ2n) is 31.1. The van der Waals surface area contributed by atoms with Crippen LogP contribution >= 0.6 is 0 Å². The first-order valence-corrected chi connectivity index (χ1v) is 39.1. The topological polar surface area (TPSA) is 268 Å². The van der Waals surface area contributed by atoms with E-state index >= 15 is 4.79 Å². The molecule has 4 saturated heterocycles. The highest BCUT2D eigenvalue weighted by atomic mass is 19.4. The number of piperazine rings is 3. The van der Waals surface area contributed by atoms with Crippen molar-refractivity contribution in [1.29, 1.82) is 0 Å². The number of hydrogen-bond acceptors (Lipinski definition) is 20. The number of nitrogens with two attached hydrogens (primary N) is 2. The van der Waals surface area contributed by atoms with Crippen molar-refractivity contribution >= 4 is 58.4 Å². The molecule has 4 atom stereocenters. The van der Waals surface area contributed by atoms with Crippen LogP contribution in [0.1, 0.15) is 139 Å². The maximum absolute atomic E-state index is 15.2. The summed E-state index contributed by atoms with van der Waals surface area (Å²) in [4.78, 5) is 67.0. The number of halogens is 3. The van der Waals surface area contributed by atoms with Crippen LogP contribution in [0.5, 0.6) is 17.2 Å². The molecule has 3 amide bonds. The number of aromatic nitrogens is 2. The van der Waals surface area contributed by atoms with E-state index in [1.165, 1.54) is 24.5 Å². The molecule has 0 radical (unpaired) electrons. The molecule has 8 N–H and O–H groups in total. The Morgan fingerprint density at radius 1 is 0.605 bits per heavy atom. The summed E-state index contributed by atoms with van der Waals surface area (Å²) in [7, 11) is 9.62. The van der Waals surface area contributed by atoms with E-state index in [4.69, 9.17) is 45.2 Å². The van der Waals surface area contributed by atoms with Gasteiger partial charge >= 0.3 is 6.18 Å². The zero-order valence-electron chi connectivity index (χ0n) is 67.8. The number of aliphatic imine (C=N–C) groups is 2. The van der Waals surface area contributed by atoms with Crippen LogP contribution in [0.4, 0.5) is 30.2 Å². The molecule has 1 aromatic heterocycles. The molecule has 24 nitrogen and oxygen atoms in total. The summed E-state index contributed by atoms with van der Waals surface area (Å²) in [5.74, 6) is 0.371. The van der Waals surface area contributed by atoms with Crippen LogP contribution in [-0.2, 0) is 22.6 Å². The predicted octanol–water partition coefficient (Wildman–Crippen LogP) is 11.0. The molecule has 7 aromatic rings. The monoisotopic (exact) mass is 1570 g/mol. The average molecular weight is 1570 g/mol. The van der Waals surface area contributed by atoms with E-state index in [0.29, 0.717) is 102 Å². The third kappa shape index (κ3) is 21.8. The largest absolute Gasteiger partial charge is 0.493 e. The first-order chi connectivity index (χ1) is 54.6. The lowest BCUT2D eigenvalue weighted by atomic mass is 9.90. The number of likely N-dealkylation sites (N-methyl/N-ethyl adjacent to an activating group) is 3. The third-order valence-corrected chi connectivity index (χ3v) is 22.0. The summed E-state index contributed by atoms with van der Waals surface area (Å²) >= 11 is 0. The van der Waals surface area contributed by atoms with Gasteiger partial charge in [-0.3, -0.25) is 29.1 Å². The van der Waals surface area contributed by atoms with Gasteiger partial charge in [0.1, 0.15) is 23.9 Å². The third-order valence-electron chi connectivity index (χ3n) is 22.0. The van der Waals surface area contributed by atoms with Gasteiger partial charge in [0.25, 0.3) is 17.7 Å². The molecule has 11 rings (SSSR count). The molecule has 0 bridgehead atoms. The minimum atomic E-state index is -4.93. The molecule has 4 fully saturated rings. The number of ether oxygens (including phenoxy) is 5. The zero-order valence-corrected chi connectivity index (χ0v) is 67.8. The van der Waals surface area contributed by atoms with E-state index in [2.05, 4.69) is 90.5 Å². The summed E-state index contributed by atoms with van der Waals surface area (Å²) in [5, 5.41) is 24.7. The van der Waals surface area contributed by atoms with E-state index in [-0.39, 0.29) is 35.4 Å². The number of allylic oxidation sites excluding steroid dienone is 2. The van der Waals surface area contributed by atoms with Crippen molar-refractivity contribution in [1.82, 2.24) is 40.4 Å². The van der Waals surface area contributed by atoms with Crippen LogP contribution < -0.4 is 56.3 Å². The molecule has 0 unspecified atom stereocenters. The number of aliphatic hydroxyl groups excluding tert-OH is 1. The van der Waals surface area contributed by atoms with Crippen LogP contribution in [0.2, 0.25) is 0 Å². The Balaban J connectivity index is 0.851. The van der Waals surface area contributed by atoms with Crippen LogP contribution in [0.25, 0.3) is 22.3 Å². The second-order valence-corrected chi connectivity index (χ2v) is 31.1. The molecule has 6 aromatic carbocycles. The molecule has 5 heterocycles. The number of nitrogens with one attached hydrogen (secondary N) is 3. The SMILES string of the molecule is CN=CC(=CN)c1cc(OCCCOC)cc([C@@H](C)NC(=O)c2cc(N3CCN(C)CC3)cc(Cn3cc(-c4cc(OCC5(C)COC5)cc([C@@H](C)NC(=O)c5cc(N6CCN(C)CC6)cc(CN=CC(=CN)c6cc(OC[C@H](O)C(F)(F)F)cc([C@@H](C)NC(=O)c7cc(N8CCN(C)CC8)ccc7C)c6)c5C)c4)cn3)c2C)c1. The van der Waals surface area contributed by atoms with Crippen molar-refractivity contribution in [3.8, 4) is 28.4 Å². The van der Waals surface area contributed by atoms with E-state index in [1.54, 1.807) is 39.6 Å². The van der Waals surface area contributed by atoms with Gasteiger partial charge in [-0.05, 0) is 215 Å². The van der Waals surface area contributed by atoms with Gasteiger partial charge in [0.15, 0.2) is 6.10 Å². The number of carbonyl (C=O) groups excluding carboxylic acids is 3. The summed E-state index contributed by atoms with van der Waals surface area (Å²) in [6.45, 7) is 25.2. The van der Waals surface area contributed by atoms with Crippen LogP contribution in [0, 0.1) is 26.2 Å². The van der Waals surface area contributed by atoms with Crippen molar-refractivity contribution in [2.24, 2.45) is 26.9 Å². The number of benzene rings is 6. The number of hydrogen-bond donors (Lipinski definition) is 6. The van der Waals surface area contributed by atoms with Crippen molar-refractivity contribution in [3.05, 3.63) is 194 Å². The Labute approximate surface area is 668 Å². The second kappa shape index (κ2) is 38.2. The Bertz CT molecular complexity index is 4650. The molecular formula is C87H112F3N15O9. The lowest BCUT2D eigenvalue weighted by Gasteiger charge is -2.37. The maximum atomic E-state index is 15.2. The number of aryl methyl sites for hydroxylation is 1. The molecule has 0 saturated carbocycles. The number of anilines is 3. The number of aliphatic hydroxyl groups is 1. The number of amides is 3. The molecule has 4 aliphatic rings. The molecule has 0 spiro atoms. The summed E-state index contributed by atoms with van der Waals surface area (Å²) in [6.07, 6.45) is 2.92. The number of rotatable bonds is 32. The molecule has 610 valence electrons. The van der Waals surface area contributed by atoms with Crippen molar-refractivity contribution in [2.45, 2.75) is 98.4 Å². The average Bonchev–Trinajstić information content (AvgIpc) is 0.858. The predicted molar refractivity (Wildman–Crippen MR) is 445 cm³/mol. The Morgan fingerprint density at radius 3 is 1.60 bits per heavy atom. The Morgan fingerprint density at radius 2 is 1.09 bits per heavy atom. The van der Waals surface area contributed by atoms with Crippen molar-refractivity contribution in [2.75, 3.05) is 168 Å². The quantitative estimate of drug-likeness (QED) is 0.0169. The van der Waals surface area contributed by atoms with Gasteiger partial charge < -0.3 is 85.6 Å². The molecule has 27 heteroatoms. The highest BCUT2D eigenvalue weighted by Crippen LogP contribution is 2.37. The molecular weight excluding hydrogens is 1460 g/mol. The smallest absolute Gasteiger partial charge is 0.417 e. The van der Waals surface area contributed by atoms with Gasteiger partial charge in [-0.15, -0.1) is 0 Å². The number of carbonyl (C=O) groups is 3. The summed E-state index contributed by atoms with van der Waals surface area (Å²) in [5.41, 5.74) is 26.5. The van der Waals surface area contributed by atoms with Gasteiger partial charge in [-0.25, -0.2) is 0 Å². The molecule has 114 heavy (non-hydrogen) atoms.